The van der Waals surface area contributed by atoms with Gasteiger partial charge in [-0.1, -0.05) is 28.1 Å². The van der Waals surface area contributed by atoms with E-state index in [0.717, 1.165) is 19.9 Å². The smallest absolute Gasteiger partial charge is 0.289 e. The molecule has 3 rings (SSSR count). The number of nitrogens with one attached hydrogen (secondary N) is 1. The Labute approximate surface area is 167 Å². The number of carbonyl (C=O) groups excluding carboxylic acids is 2. The molecule has 1 N–H and O–H groups in total. The molecule has 2 amide bonds. The summed E-state index contributed by atoms with van der Waals surface area (Å²) in [6, 6.07) is 12.8. The lowest BCUT2D eigenvalue weighted by Crippen LogP contribution is -2.34. The standard InChI is InChI=1S/C19H16Br2N2O3/c1-11-8-13(20)6-7-15(11)22-17(24)10-23(2)19(25)16-9-12-4-3-5-14(21)18(12)26-16/h3-9H,10H2,1-2H3,(H,22,24). The molecular formula is C19H16Br2N2O3. The number of halogens is 2. The molecule has 0 aliphatic carbocycles. The Kier molecular flexibility index (Phi) is 5.48. The van der Waals surface area contributed by atoms with Gasteiger partial charge in [0.15, 0.2) is 5.76 Å². The topological polar surface area (TPSA) is 62.6 Å². The van der Waals surface area contributed by atoms with Crippen molar-refractivity contribution < 1.29 is 14.0 Å². The molecule has 0 spiro atoms. The van der Waals surface area contributed by atoms with Crippen LogP contribution in [-0.4, -0.2) is 30.3 Å². The number of nitrogens with zero attached hydrogens (tertiary/aromatic N) is 1. The number of fused-ring (bicyclic) bond motifs is 1. The van der Waals surface area contributed by atoms with Crippen LogP contribution in [0.3, 0.4) is 0 Å². The van der Waals surface area contributed by atoms with Crippen molar-refractivity contribution in [2.24, 2.45) is 0 Å². The number of carbonyl (C=O) groups is 2. The number of likely N-dealkylation sites (N-methyl/N-ethyl adjacent to an activating group) is 1. The maximum Gasteiger partial charge on any atom is 0.289 e. The highest BCUT2D eigenvalue weighted by atomic mass is 79.9. The van der Waals surface area contributed by atoms with Crippen molar-refractivity contribution in [3.8, 4) is 0 Å². The quantitative estimate of drug-likeness (QED) is 0.574. The van der Waals surface area contributed by atoms with Gasteiger partial charge in [0.25, 0.3) is 5.91 Å². The van der Waals surface area contributed by atoms with E-state index in [-0.39, 0.29) is 24.1 Å². The molecule has 1 heterocycles. The summed E-state index contributed by atoms with van der Waals surface area (Å²) in [5.74, 6) is -0.429. The number of hydrogen-bond donors (Lipinski definition) is 1. The number of aryl methyl sites for hydroxylation is 1. The zero-order valence-electron chi connectivity index (χ0n) is 14.2. The van der Waals surface area contributed by atoms with E-state index in [9.17, 15) is 9.59 Å². The lowest BCUT2D eigenvalue weighted by molar-refractivity contribution is -0.116. The zero-order chi connectivity index (χ0) is 18.8. The van der Waals surface area contributed by atoms with Gasteiger partial charge in [-0.25, -0.2) is 0 Å². The highest BCUT2D eigenvalue weighted by molar-refractivity contribution is 9.11. The van der Waals surface area contributed by atoms with Crippen LogP contribution in [0.1, 0.15) is 16.1 Å². The fraction of sp³-hybridized carbons (Fsp3) is 0.158. The third kappa shape index (κ3) is 3.99. The summed E-state index contributed by atoms with van der Waals surface area (Å²) in [6.07, 6.45) is 0. The van der Waals surface area contributed by atoms with Gasteiger partial charge in [0.05, 0.1) is 11.0 Å². The number of benzene rings is 2. The molecule has 3 aromatic rings. The van der Waals surface area contributed by atoms with Crippen LogP contribution in [0.25, 0.3) is 11.0 Å². The van der Waals surface area contributed by atoms with Gasteiger partial charge in [0.1, 0.15) is 5.58 Å². The highest BCUT2D eigenvalue weighted by Crippen LogP contribution is 2.27. The van der Waals surface area contributed by atoms with E-state index in [1.54, 1.807) is 13.1 Å². The van der Waals surface area contributed by atoms with Gasteiger partial charge in [-0.15, -0.1) is 0 Å². The molecule has 134 valence electrons. The second-order valence-corrected chi connectivity index (χ2v) is 7.71. The first-order chi connectivity index (χ1) is 12.3. The van der Waals surface area contributed by atoms with E-state index in [0.29, 0.717) is 11.3 Å². The molecule has 26 heavy (non-hydrogen) atoms. The van der Waals surface area contributed by atoms with Crippen molar-refractivity contribution in [1.29, 1.82) is 0 Å². The molecule has 2 aromatic carbocycles. The van der Waals surface area contributed by atoms with Crippen molar-refractivity contribution in [3.05, 3.63) is 62.7 Å². The minimum Gasteiger partial charge on any atom is -0.450 e. The van der Waals surface area contributed by atoms with Gasteiger partial charge in [-0.2, -0.15) is 0 Å². The van der Waals surface area contributed by atoms with Crippen LogP contribution in [0.4, 0.5) is 5.69 Å². The molecule has 0 fully saturated rings. The number of para-hydroxylation sites is 1. The van der Waals surface area contributed by atoms with Crippen LogP contribution in [0.5, 0.6) is 0 Å². The van der Waals surface area contributed by atoms with E-state index in [2.05, 4.69) is 37.2 Å². The first kappa shape index (κ1) is 18.7. The van der Waals surface area contributed by atoms with Crippen LogP contribution >= 0.6 is 31.9 Å². The van der Waals surface area contributed by atoms with Crippen LogP contribution in [0, 0.1) is 6.92 Å². The van der Waals surface area contributed by atoms with Crippen molar-refractivity contribution in [3.63, 3.8) is 0 Å². The SMILES string of the molecule is Cc1cc(Br)ccc1NC(=O)CN(C)C(=O)c1cc2cccc(Br)c2o1. The van der Waals surface area contributed by atoms with Crippen molar-refractivity contribution in [2.75, 3.05) is 18.9 Å². The summed E-state index contributed by atoms with van der Waals surface area (Å²) in [7, 11) is 1.57. The number of anilines is 1. The van der Waals surface area contributed by atoms with Crippen LogP contribution in [0.15, 0.2) is 55.8 Å². The van der Waals surface area contributed by atoms with Gasteiger partial charge in [0.2, 0.25) is 5.91 Å². The molecule has 0 unspecified atom stereocenters. The Balaban J connectivity index is 1.69. The van der Waals surface area contributed by atoms with Gasteiger partial charge in [-0.05, 0) is 58.7 Å². The molecule has 5 nitrogen and oxygen atoms in total. The first-order valence-electron chi connectivity index (χ1n) is 7.84. The highest BCUT2D eigenvalue weighted by Gasteiger charge is 2.20. The van der Waals surface area contributed by atoms with Crippen molar-refractivity contribution in [2.45, 2.75) is 6.92 Å². The Hall–Kier alpha value is -2.12. The number of rotatable bonds is 4. The van der Waals surface area contributed by atoms with Crippen LogP contribution in [0.2, 0.25) is 0 Å². The molecule has 0 radical (unpaired) electrons. The monoisotopic (exact) mass is 478 g/mol. The molecule has 0 saturated carbocycles. The lowest BCUT2D eigenvalue weighted by atomic mass is 10.2. The summed E-state index contributed by atoms with van der Waals surface area (Å²) in [6.45, 7) is 1.83. The maximum absolute atomic E-state index is 12.6. The summed E-state index contributed by atoms with van der Waals surface area (Å²) < 4.78 is 7.36. The summed E-state index contributed by atoms with van der Waals surface area (Å²) in [4.78, 5) is 26.2. The molecular weight excluding hydrogens is 464 g/mol. The third-order valence-electron chi connectivity index (χ3n) is 3.90. The van der Waals surface area contributed by atoms with E-state index < -0.39 is 0 Å². The predicted octanol–water partition coefficient (Wildman–Crippen LogP) is 4.98. The molecule has 0 atom stereocenters. The molecule has 0 saturated heterocycles. The number of amides is 2. The molecule has 0 aliphatic rings. The fourth-order valence-electron chi connectivity index (χ4n) is 2.57. The van der Waals surface area contributed by atoms with Crippen LogP contribution < -0.4 is 5.32 Å². The summed E-state index contributed by atoms with van der Waals surface area (Å²) >= 11 is 6.79. The van der Waals surface area contributed by atoms with Crippen molar-refractivity contribution >= 4 is 60.3 Å². The average Bonchev–Trinajstić information content (AvgIpc) is 3.02. The predicted molar refractivity (Wildman–Crippen MR) is 108 cm³/mol. The normalized spacial score (nSPS) is 10.8. The van der Waals surface area contributed by atoms with Crippen molar-refractivity contribution in [1.82, 2.24) is 4.90 Å². The lowest BCUT2D eigenvalue weighted by Gasteiger charge is -2.16. The number of furan rings is 1. The Morgan fingerprint density at radius 3 is 2.62 bits per heavy atom. The largest absolute Gasteiger partial charge is 0.450 e. The van der Waals surface area contributed by atoms with Gasteiger partial charge < -0.3 is 14.6 Å². The molecule has 0 aliphatic heterocycles. The Morgan fingerprint density at radius 2 is 1.92 bits per heavy atom. The third-order valence-corrected chi connectivity index (χ3v) is 5.01. The maximum atomic E-state index is 12.6. The minimum absolute atomic E-state index is 0.0768. The van der Waals surface area contributed by atoms with E-state index >= 15 is 0 Å². The second-order valence-electron chi connectivity index (χ2n) is 5.94. The average molecular weight is 480 g/mol. The number of hydrogen-bond acceptors (Lipinski definition) is 3. The molecule has 0 bridgehead atoms. The minimum atomic E-state index is -0.351. The van der Waals surface area contributed by atoms with E-state index in [1.165, 1.54) is 4.90 Å². The Morgan fingerprint density at radius 1 is 1.15 bits per heavy atom. The van der Waals surface area contributed by atoms with E-state index in [4.69, 9.17) is 4.42 Å². The molecule has 7 heteroatoms. The molecule has 1 aromatic heterocycles. The van der Waals surface area contributed by atoms with Gasteiger partial charge in [0, 0.05) is 22.6 Å². The zero-order valence-corrected chi connectivity index (χ0v) is 17.3. The summed E-state index contributed by atoms with van der Waals surface area (Å²) in [5, 5.41) is 3.64. The first-order valence-corrected chi connectivity index (χ1v) is 9.43. The van der Waals surface area contributed by atoms with Gasteiger partial charge in [-0.3, -0.25) is 9.59 Å². The van der Waals surface area contributed by atoms with Crippen LogP contribution in [-0.2, 0) is 4.79 Å². The fourth-order valence-corrected chi connectivity index (χ4v) is 3.50. The van der Waals surface area contributed by atoms with Gasteiger partial charge >= 0.3 is 0 Å². The summed E-state index contributed by atoms with van der Waals surface area (Å²) in [5.41, 5.74) is 2.26. The Bertz CT molecular complexity index is 998. The van der Waals surface area contributed by atoms with E-state index in [1.807, 2.05) is 43.3 Å². The second kappa shape index (κ2) is 7.63.